The Hall–Kier alpha value is -0.480. The average molecular weight is 228 g/mol. The van der Waals surface area contributed by atoms with Crippen molar-refractivity contribution in [2.24, 2.45) is 0 Å². The normalized spacial score (nSPS) is 12.9. The second-order valence-electron chi connectivity index (χ2n) is 3.55. The van der Waals surface area contributed by atoms with Crippen molar-refractivity contribution in [3.05, 3.63) is 12.5 Å². The van der Waals surface area contributed by atoms with Crippen molar-refractivity contribution in [3.8, 4) is 0 Å². The van der Waals surface area contributed by atoms with Crippen molar-refractivity contribution >= 4 is 11.8 Å². The molecule has 0 aliphatic heterocycles. The molecule has 0 fully saturated rings. The topological polar surface area (TPSA) is 38.1 Å². The van der Waals surface area contributed by atoms with Gasteiger partial charge in [-0.2, -0.15) is 0 Å². The number of thioether (sulfide) groups is 1. The Balaban J connectivity index is 2.24. The Bertz CT molecular complexity index is 239. The number of nitrogens with zero attached hydrogens (tertiary/aromatic N) is 1. The summed E-state index contributed by atoms with van der Waals surface area (Å²) in [6.45, 7) is 5.50. The summed E-state index contributed by atoms with van der Waals surface area (Å²) in [5.41, 5.74) is 0. The van der Waals surface area contributed by atoms with E-state index in [-0.39, 0.29) is 0 Å². The van der Waals surface area contributed by atoms with E-state index < -0.39 is 0 Å². The van der Waals surface area contributed by atoms with Gasteiger partial charge in [-0.15, -0.1) is 0 Å². The van der Waals surface area contributed by atoms with Crippen LogP contribution in [0.5, 0.6) is 0 Å². The Morgan fingerprint density at radius 2 is 2.33 bits per heavy atom. The highest BCUT2D eigenvalue weighted by atomic mass is 32.2. The fourth-order valence-corrected chi connectivity index (χ4v) is 2.28. The summed E-state index contributed by atoms with van der Waals surface area (Å²) >= 11 is 1.69. The summed E-state index contributed by atoms with van der Waals surface area (Å²) in [5.74, 6) is 1.04. The summed E-state index contributed by atoms with van der Waals surface area (Å²) in [4.78, 5) is 4.10. The maximum absolute atomic E-state index is 5.19. The summed E-state index contributed by atoms with van der Waals surface area (Å²) < 4.78 is 5.19. The lowest BCUT2D eigenvalue weighted by Gasteiger charge is -2.16. The van der Waals surface area contributed by atoms with Gasteiger partial charge >= 0.3 is 0 Å². The Kier molecular flexibility index (Phi) is 6.52. The smallest absolute Gasteiger partial charge is 0.255 e. The van der Waals surface area contributed by atoms with Crippen molar-refractivity contribution in [2.75, 3.05) is 12.3 Å². The molecule has 1 N–H and O–H groups in total. The molecule has 0 saturated heterocycles. The van der Waals surface area contributed by atoms with Crippen LogP contribution < -0.4 is 5.32 Å². The van der Waals surface area contributed by atoms with Gasteiger partial charge in [0.25, 0.3) is 5.22 Å². The van der Waals surface area contributed by atoms with Crippen LogP contribution in [-0.2, 0) is 0 Å². The fraction of sp³-hybridized carbons (Fsp3) is 0.727. The molecular formula is C11H20N2OS. The molecule has 0 aliphatic rings. The van der Waals surface area contributed by atoms with E-state index in [2.05, 4.69) is 24.1 Å². The van der Waals surface area contributed by atoms with Crippen LogP contribution >= 0.6 is 11.8 Å². The number of aromatic nitrogens is 1. The third-order valence-corrected chi connectivity index (χ3v) is 3.16. The van der Waals surface area contributed by atoms with Crippen molar-refractivity contribution in [1.29, 1.82) is 0 Å². The first-order chi connectivity index (χ1) is 7.36. The molecule has 0 bridgehead atoms. The van der Waals surface area contributed by atoms with E-state index in [1.807, 2.05) is 0 Å². The first-order valence-electron chi connectivity index (χ1n) is 5.62. The van der Waals surface area contributed by atoms with Crippen molar-refractivity contribution < 1.29 is 4.42 Å². The first kappa shape index (κ1) is 12.6. The molecule has 1 aromatic heterocycles. The van der Waals surface area contributed by atoms with Crippen molar-refractivity contribution in [2.45, 2.75) is 44.4 Å². The molecule has 0 aromatic carbocycles. The zero-order chi connectivity index (χ0) is 10.9. The third-order valence-electron chi connectivity index (χ3n) is 2.14. The lowest BCUT2D eigenvalue weighted by Crippen LogP contribution is -2.31. The molecule has 1 aromatic rings. The van der Waals surface area contributed by atoms with Gasteiger partial charge in [0.1, 0.15) is 6.26 Å². The average Bonchev–Trinajstić information content (AvgIpc) is 2.75. The Morgan fingerprint density at radius 1 is 1.47 bits per heavy atom. The number of nitrogens with one attached hydrogen (secondary N) is 1. The lowest BCUT2D eigenvalue weighted by atomic mass is 10.2. The largest absolute Gasteiger partial charge is 0.440 e. The predicted molar refractivity (Wildman–Crippen MR) is 64.2 cm³/mol. The van der Waals surface area contributed by atoms with Crippen molar-refractivity contribution in [1.82, 2.24) is 10.3 Å². The number of oxazole rings is 1. The molecule has 1 unspecified atom stereocenters. The Labute approximate surface area is 96.0 Å². The van der Waals surface area contributed by atoms with Gasteiger partial charge in [-0.25, -0.2) is 4.98 Å². The highest BCUT2D eigenvalue weighted by Gasteiger charge is 2.08. The Morgan fingerprint density at radius 3 is 2.93 bits per heavy atom. The molecule has 0 radical (unpaired) electrons. The molecular weight excluding hydrogens is 208 g/mol. The van der Waals surface area contributed by atoms with Crippen LogP contribution in [0, 0.1) is 0 Å². The molecule has 86 valence electrons. The zero-order valence-electron chi connectivity index (χ0n) is 9.53. The van der Waals surface area contributed by atoms with Crippen LogP contribution in [0.1, 0.15) is 33.1 Å². The van der Waals surface area contributed by atoms with E-state index in [1.165, 1.54) is 19.3 Å². The highest BCUT2D eigenvalue weighted by Crippen LogP contribution is 2.17. The van der Waals surface area contributed by atoms with E-state index in [0.29, 0.717) is 6.04 Å². The maximum atomic E-state index is 5.19. The number of hydrogen-bond donors (Lipinski definition) is 1. The van der Waals surface area contributed by atoms with Gasteiger partial charge in [0.15, 0.2) is 0 Å². The van der Waals surface area contributed by atoms with Gasteiger partial charge in [-0.3, -0.25) is 0 Å². The lowest BCUT2D eigenvalue weighted by molar-refractivity contribution is 0.451. The van der Waals surface area contributed by atoms with Crippen LogP contribution in [0.25, 0.3) is 0 Å². The van der Waals surface area contributed by atoms with Crippen LogP contribution in [0.4, 0.5) is 0 Å². The maximum Gasteiger partial charge on any atom is 0.255 e. The quantitative estimate of drug-likeness (QED) is 0.694. The van der Waals surface area contributed by atoms with Gasteiger partial charge < -0.3 is 9.73 Å². The van der Waals surface area contributed by atoms with Gasteiger partial charge in [0.2, 0.25) is 0 Å². The van der Waals surface area contributed by atoms with Gasteiger partial charge in [0.05, 0.1) is 6.20 Å². The third kappa shape index (κ3) is 5.23. The second-order valence-corrected chi connectivity index (χ2v) is 4.52. The fourth-order valence-electron chi connectivity index (χ4n) is 1.39. The molecule has 1 rings (SSSR count). The predicted octanol–water partition coefficient (Wildman–Crippen LogP) is 2.94. The van der Waals surface area contributed by atoms with E-state index in [4.69, 9.17) is 4.42 Å². The second kappa shape index (κ2) is 7.77. The van der Waals surface area contributed by atoms with Crippen LogP contribution in [-0.4, -0.2) is 23.3 Å². The molecule has 0 aliphatic carbocycles. The molecule has 1 atom stereocenters. The molecule has 15 heavy (non-hydrogen) atoms. The molecule has 4 heteroatoms. The monoisotopic (exact) mass is 228 g/mol. The summed E-state index contributed by atoms with van der Waals surface area (Å²) in [7, 11) is 0. The summed E-state index contributed by atoms with van der Waals surface area (Å²) in [6.07, 6.45) is 6.93. The molecule has 0 saturated carbocycles. The van der Waals surface area contributed by atoms with Crippen LogP contribution in [0.15, 0.2) is 22.1 Å². The van der Waals surface area contributed by atoms with Gasteiger partial charge in [-0.1, -0.05) is 32.0 Å². The SMILES string of the molecule is CCCNC(CCC)CSc1ncco1. The first-order valence-corrected chi connectivity index (χ1v) is 6.61. The van der Waals surface area contributed by atoms with E-state index in [9.17, 15) is 0 Å². The molecule has 0 spiro atoms. The number of rotatable bonds is 8. The minimum absolute atomic E-state index is 0.576. The molecule has 1 heterocycles. The number of hydrogen-bond acceptors (Lipinski definition) is 4. The van der Waals surface area contributed by atoms with Gasteiger partial charge in [-0.05, 0) is 19.4 Å². The minimum atomic E-state index is 0.576. The van der Waals surface area contributed by atoms with E-state index >= 15 is 0 Å². The highest BCUT2D eigenvalue weighted by molar-refractivity contribution is 7.99. The summed E-state index contributed by atoms with van der Waals surface area (Å²) in [6, 6.07) is 0.576. The van der Waals surface area contributed by atoms with Crippen LogP contribution in [0.3, 0.4) is 0 Å². The molecule has 0 amide bonds. The standard InChI is InChI=1S/C11H20N2OS/c1-3-5-10(12-6-4-2)9-15-11-13-7-8-14-11/h7-8,10,12H,3-6,9H2,1-2H3. The molecule has 3 nitrogen and oxygen atoms in total. The zero-order valence-corrected chi connectivity index (χ0v) is 10.3. The van der Waals surface area contributed by atoms with Crippen LogP contribution in [0.2, 0.25) is 0 Å². The van der Waals surface area contributed by atoms with Gasteiger partial charge in [0, 0.05) is 11.8 Å². The summed E-state index contributed by atoms with van der Waals surface area (Å²) in [5, 5.41) is 4.32. The van der Waals surface area contributed by atoms with E-state index in [1.54, 1.807) is 24.2 Å². The van der Waals surface area contributed by atoms with E-state index in [0.717, 1.165) is 17.5 Å². The van der Waals surface area contributed by atoms with Crippen molar-refractivity contribution in [3.63, 3.8) is 0 Å². The minimum Gasteiger partial charge on any atom is -0.440 e.